The van der Waals surface area contributed by atoms with Gasteiger partial charge in [0, 0.05) is 34.6 Å². The van der Waals surface area contributed by atoms with Crippen molar-refractivity contribution in [2.75, 3.05) is 20.2 Å². The van der Waals surface area contributed by atoms with Gasteiger partial charge in [-0.15, -0.1) is 6.58 Å². The molecule has 7 rings (SSSR count). The van der Waals surface area contributed by atoms with Crippen molar-refractivity contribution in [1.82, 2.24) is 9.88 Å². The summed E-state index contributed by atoms with van der Waals surface area (Å²) in [6.07, 6.45) is 4.37. The quantitative estimate of drug-likeness (QED) is 0.208. The zero-order valence-electron chi connectivity index (χ0n) is 21.2. The topological polar surface area (TPSA) is 34.6 Å². The number of rotatable bonds is 8. The highest BCUT2D eigenvalue weighted by Gasteiger charge is 2.44. The molecule has 1 unspecified atom stereocenters. The van der Waals surface area contributed by atoms with Gasteiger partial charge in [0.05, 0.1) is 20.8 Å². The number of piperidine rings is 3. The second-order valence-corrected chi connectivity index (χ2v) is 11.8. The minimum Gasteiger partial charge on any atom is -0.481 e. The number of hydrogen-bond acceptors (Lipinski definition) is 4. The number of fused-ring (bicyclic) bond motifs is 4. The summed E-state index contributed by atoms with van der Waals surface area (Å²) in [7, 11) is 0.653. The maximum atomic E-state index is 7.39. The first-order valence-electron chi connectivity index (χ1n) is 13.1. The van der Waals surface area contributed by atoms with E-state index in [4.69, 9.17) is 14.2 Å². The van der Waals surface area contributed by atoms with Crippen LogP contribution in [-0.2, 0) is 4.52 Å². The van der Waals surface area contributed by atoms with E-state index in [2.05, 4.69) is 102 Å². The van der Waals surface area contributed by atoms with Crippen molar-refractivity contribution in [1.29, 1.82) is 0 Å². The molecule has 4 nitrogen and oxygen atoms in total. The van der Waals surface area contributed by atoms with Crippen molar-refractivity contribution in [3.63, 3.8) is 0 Å². The molecule has 3 saturated heterocycles. The Bertz CT molecular complexity index is 1320. The van der Waals surface area contributed by atoms with E-state index in [0.717, 1.165) is 36.0 Å². The van der Waals surface area contributed by atoms with Gasteiger partial charge in [-0.1, -0.05) is 84.9 Å². The number of aromatic nitrogens is 1. The van der Waals surface area contributed by atoms with Crippen LogP contribution in [0.3, 0.4) is 0 Å². The van der Waals surface area contributed by atoms with Crippen molar-refractivity contribution in [2.45, 2.75) is 25.0 Å². The molecule has 1 aromatic heterocycles. The van der Waals surface area contributed by atoms with Crippen LogP contribution in [0.5, 0.6) is 5.88 Å². The zero-order valence-corrected chi connectivity index (χ0v) is 22.1. The molecular weight excluding hydrogens is 475 g/mol. The van der Waals surface area contributed by atoms with E-state index < -0.39 is 8.15 Å². The number of ether oxygens (including phenoxy) is 1. The summed E-state index contributed by atoms with van der Waals surface area (Å²) in [6, 6.07) is 32.1. The van der Waals surface area contributed by atoms with E-state index in [1.54, 1.807) is 7.11 Å². The Morgan fingerprint density at radius 2 is 1.65 bits per heavy atom. The maximum absolute atomic E-state index is 7.39. The van der Waals surface area contributed by atoms with Gasteiger partial charge in [-0.05, 0) is 42.9 Å². The van der Waals surface area contributed by atoms with E-state index >= 15 is 0 Å². The average molecular weight is 509 g/mol. The third-order valence-electron chi connectivity index (χ3n) is 7.94. The molecule has 37 heavy (non-hydrogen) atoms. The fraction of sp³-hybridized carbons (Fsp3) is 0.281. The lowest BCUT2D eigenvalue weighted by molar-refractivity contribution is -0.0320. The summed E-state index contributed by atoms with van der Waals surface area (Å²) in [4.78, 5) is 7.39. The SMILES string of the molecule is C=C[C@H]1CN2CC[C@H]1C[C@@H]2[C@H](OP(c1ccccc1)c1ccccc1)c1cc(OC)nc2ccccc12. The van der Waals surface area contributed by atoms with Gasteiger partial charge < -0.3 is 9.26 Å². The van der Waals surface area contributed by atoms with Gasteiger partial charge >= 0.3 is 0 Å². The Balaban J connectivity index is 1.49. The highest BCUT2D eigenvalue weighted by atomic mass is 31.1. The van der Waals surface area contributed by atoms with Crippen LogP contribution < -0.4 is 15.3 Å². The van der Waals surface area contributed by atoms with Crippen LogP contribution >= 0.6 is 8.15 Å². The molecule has 3 aromatic carbocycles. The minimum atomic E-state index is -1.04. The normalized spacial score (nSPS) is 23.7. The molecule has 4 aromatic rings. The Labute approximate surface area is 220 Å². The molecule has 3 aliphatic rings. The van der Waals surface area contributed by atoms with Crippen LogP contribution in [0.25, 0.3) is 10.9 Å². The zero-order chi connectivity index (χ0) is 25.2. The smallest absolute Gasteiger partial charge is 0.213 e. The third kappa shape index (κ3) is 4.82. The largest absolute Gasteiger partial charge is 0.481 e. The number of hydrogen-bond donors (Lipinski definition) is 0. The van der Waals surface area contributed by atoms with Crippen LogP contribution in [0.4, 0.5) is 0 Å². The Hall–Kier alpha value is -3.04. The number of pyridine rings is 1. The summed E-state index contributed by atoms with van der Waals surface area (Å²) >= 11 is 0. The monoisotopic (exact) mass is 508 g/mol. The standard InChI is InChI=1S/C32H33N2O2P/c1-3-23-22-34-19-18-24(23)20-30(34)32(28-21-31(35-2)33-29-17-11-10-16-27(28)29)36-37(25-12-6-4-7-13-25)26-14-8-5-9-15-26/h3-17,21,23-24,30,32H,1,18-20,22H2,2H3/t23-,24-,30+,32+/m0/s1. The van der Waals surface area contributed by atoms with E-state index in [9.17, 15) is 0 Å². The van der Waals surface area contributed by atoms with Gasteiger partial charge in [-0.25, -0.2) is 4.98 Å². The van der Waals surface area contributed by atoms with Crippen LogP contribution in [0.15, 0.2) is 104 Å². The van der Waals surface area contributed by atoms with Gasteiger partial charge in [0.25, 0.3) is 0 Å². The Kier molecular flexibility index (Phi) is 7.06. The Morgan fingerprint density at radius 1 is 0.973 bits per heavy atom. The van der Waals surface area contributed by atoms with Crippen molar-refractivity contribution in [3.8, 4) is 5.88 Å². The molecule has 5 atom stereocenters. The van der Waals surface area contributed by atoms with E-state index in [1.165, 1.54) is 17.0 Å². The average Bonchev–Trinajstić information content (AvgIpc) is 2.98. The van der Waals surface area contributed by atoms with Gasteiger partial charge in [0.2, 0.25) is 5.88 Å². The number of para-hydroxylation sites is 1. The molecule has 0 N–H and O–H groups in total. The number of methoxy groups -OCH3 is 1. The second-order valence-electron chi connectivity index (χ2n) is 10.0. The highest BCUT2D eigenvalue weighted by molar-refractivity contribution is 7.68. The van der Waals surface area contributed by atoms with E-state index in [0.29, 0.717) is 17.7 Å². The molecule has 0 amide bonds. The van der Waals surface area contributed by atoms with Gasteiger partial charge in [0.15, 0.2) is 0 Å². The van der Waals surface area contributed by atoms with Crippen molar-refractivity contribution in [3.05, 3.63) is 109 Å². The molecule has 3 aliphatic heterocycles. The van der Waals surface area contributed by atoms with Crippen LogP contribution in [0.2, 0.25) is 0 Å². The molecule has 4 heterocycles. The number of nitrogens with zero attached hydrogens (tertiary/aromatic N) is 2. The molecule has 188 valence electrons. The first-order chi connectivity index (χ1) is 18.2. The summed E-state index contributed by atoms with van der Waals surface area (Å²) in [5, 5.41) is 3.57. The molecule has 5 heteroatoms. The third-order valence-corrected chi connectivity index (χ3v) is 9.92. The summed E-state index contributed by atoms with van der Waals surface area (Å²) in [6.45, 7) is 6.30. The molecule has 0 aliphatic carbocycles. The lowest BCUT2D eigenvalue weighted by Crippen LogP contribution is -2.55. The maximum Gasteiger partial charge on any atom is 0.213 e. The minimum absolute atomic E-state index is 0.123. The van der Waals surface area contributed by atoms with Gasteiger partial charge in [-0.2, -0.15) is 0 Å². The van der Waals surface area contributed by atoms with Crippen molar-refractivity contribution < 1.29 is 9.26 Å². The highest BCUT2D eigenvalue weighted by Crippen LogP contribution is 2.49. The van der Waals surface area contributed by atoms with Crippen LogP contribution in [-0.4, -0.2) is 36.1 Å². The first-order valence-corrected chi connectivity index (χ1v) is 14.4. The molecular formula is C32H33N2O2P. The van der Waals surface area contributed by atoms with E-state index in [1.807, 2.05) is 6.07 Å². The summed E-state index contributed by atoms with van der Waals surface area (Å²) in [5.41, 5.74) is 2.10. The lowest BCUT2D eigenvalue weighted by atomic mass is 9.73. The summed E-state index contributed by atoms with van der Waals surface area (Å²) < 4.78 is 13.1. The molecule has 3 fully saturated rings. The summed E-state index contributed by atoms with van der Waals surface area (Å²) in [5.74, 6) is 1.83. The fourth-order valence-corrected chi connectivity index (χ4v) is 7.96. The lowest BCUT2D eigenvalue weighted by Gasteiger charge is -2.51. The predicted octanol–water partition coefficient (Wildman–Crippen LogP) is 6.25. The van der Waals surface area contributed by atoms with Gasteiger partial charge in [0.1, 0.15) is 6.10 Å². The first kappa shape index (κ1) is 24.3. The molecule has 2 bridgehead atoms. The van der Waals surface area contributed by atoms with Gasteiger partial charge in [-0.3, -0.25) is 4.90 Å². The van der Waals surface area contributed by atoms with Crippen LogP contribution in [0, 0.1) is 11.8 Å². The molecule has 0 spiro atoms. The van der Waals surface area contributed by atoms with Crippen LogP contribution in [0.1, 0.15) is 24.5 Å². The predicted molar refractivity (Wildman–Crippen MR) is 153 cm³/mol. The second kappa shape index (κ2) is 10.8. The molecule has 0 saturated carbocycles. The Morgan fingerprint density at radius 3 is 2.27 bits per heavy atom. The van der Waals surface area contributed by atoms with E-state index in [-0.39, 0.29) is 12.1 Å². The van der Waals surface area contributed by atoms with Crippen molar-refractivity contribution in [2.24, 2.45) is 11.8 Å². The van der Waals surface area contributed by atoms with Crippen molar-refractivity contribution >= 4 is 29.7 Å². The number of benzene rings is 3. The fourth-order valence-electron chi connectivity index (χ4n) is 6.05. The molecule has 0 radical (unpaired) electrons.